The fraction of sp³-hybridized carbons (Fsp3) is 0.500. The van der Waals surface area contributed by atoms with Crippen molar-refractivity contribution in [1.29, 1.82) is 0 Å². The molecule has 84 valence electrons. The van der Waals surface area contributed by atoms with Gasteiger partial charge in [0.05, 0.1) is 0 Å². The highest BCUT2D eigenvalue weighted by Crippen LogP contribution is 1.49. The zero-order valence-corrected chi connectivity index (χ0v) is 7.38. The van der Waals surface area contributed by atoms with Crippen molar-refractivity contribution in [3.63, 3.8) is 0 Å². The summed E-state index contributed by atoms with van der Waals surface area (Å²) in [6.45, 7) is -0.472. The zero-order chi connectivity index (χ0) is 12.1. The summed E-state index contributed by atoms with van der Waals surface area (Å²) in [6.07, 6.45) is 0. The first kappa shape index (κ1) is 18.2. The van der Waals surface area contributed by atoms with Gasteiger partial charge in [-0.2, -0.15) is 0 Å². The highest BCUT2D eigenvalue weighted by molar-refractivity contribution is 5.67. The standard InChI is InChI=1S/2C2H4O3.C2H4O2/c2*3-1-2(4)5;1-2(3)4/h2*3H,1H2,(H,4,5);1H3,(H,3,4). The van der Waals surface area contributed by atoms with Gasteiger partial charge in [-0.05, 0) is 0 Å². The molecule has 0 bridgehead atoms. The Kier molecular flexibility index (Phi) is 18.0. The molecule has 0 amide bonds. The maximum atomic E-state index is 9.12. The molecule has 0 fully saturated rings. The smallest absolute Gasteiger partial charge is 0.329 e. The van der Waals surface area contributed by atoms with Crippen LogP contribution >= 0.6 is 0 Å². The zero-order valence-electron chi connectivity index (χ0n) is 7.38. The Balaban J connectivity index is -0.000000131. The van der Waals surface area contributed by atoms with Gasteiger partial charge in [0.25, 0.3) is 5.97 Å². The summed E-state index contributed by atoms with van der Waals surface area (Å²) in [5.74, 6) is -3.21. The fourth-order valence-electron chi connectivity index (χ4n) is 0. The third-order valence-electron chi connectivity index (χ3n) is 0.271. The molecule has 0 aromatic heterocycles. The molecule has 0 aromatic carbocycles. The van der Waals surface area contributed by atoms with Crippen LogP contribution in [0.2, 0.25) is 0 Å². The third-order valence-corrected chi connectivity index (χ3v) is 0.271. The number of carboxylic acids is 3. The van der Waals surface area contributed by atoms with Crippen molar-refractivity contribution >= 4 is 17.9 Å². The van der Waals surface area contributed by atoms with Gasteiger partial charge in [-0.1, -0.05) is 0 Å². The van der Waals surface area contributed by atoms with E-state index in [0.29, 0.717) is 0 Å². The molecule has 8 heteroatoms. The molecule has 0 saturated carbocycles. The first-order valence-electron chi connectivity index (χ1n) is 3.12. The number of rotatable bonds is 2. The van der Waals surface area contributed by atoms with Crippen molar-refractivity contribution in [2.24, 2.45) is 0 Å². The summed E-state index contributed by atoms with van der Waals surface area (Å²) in [6, 6.07) is 0. The lowest BCUT2D eigenvalue weighted by Crippen LogP contribution is -1.98. The molecular weight excluding hydrogens is 200 g/mol. The molecule has 0 aliphatic heterocycles. The normalized spacial score (nSPS) is 7.07. The summed E-state index contributed by atoms with van der Waals surface area (Å²) in [5.41, 5.74) is 0. The Labute approximate surface area is 79.0 Å². The second-order valence-corrected chi connectivity index (χ2v) is 1.62. The maximum Gasteiger partial charge on any atom is 0.329 e. The second kappa shape index (κ2) is 13.9. The SMILES string of the molecule is CC(=O)O.O=C(O)CO.O=C(O)CO. The van der Waals surface area contributed by atoms with Crippen LogP contribution in [0.3, 0.4) is 0 Å². The number of hydrogen-bond donors (Lipinski definition) is 5. The lowest BCUT2D eigenvalue weighted by molar-refractivity contribution is -0.141. The van der Waals surface area contributed by atoms with Crippen molar-refractivity contribution in [1.82, 2.24) is 0 Å². The van der Waals surface area contributed by atoms with Crippen LogP contribution < -0.4 is 0 Å². The minimum atomic E-state index is -1.19. The Morgan fingerprint density at radius 1 is 0.857 bits per heavy atom. The number of aliphatic hydroxyl groups excluding tert-OH is 2. The van der Waals surface area contributed by atoms with E-state index >= 15 is 0 Å². The van der Waals surface area contributed by atoms with Gasteiger partial charge in [0.2, 0.25) is 0 Å². The van der Waals surface area contributed by atoms with Crippen LogP contribution in [0.25, 0.3) is 0 Å². The predicted molar refractivity (Wildman–Crippen MR) is 42.8 cm³/mol. The third kappa shape index (κ3) is 166. The van der Waals surface area contributed by atoms with Crippen LogP contribution in [0.1, 0.15) is 6.92 Å². The Hall–Kier alpha value is -1.67. The Morgan fingerprint density at radius 3 is 0.929 bits per heavy atom. The molecule has 0 rings (SSSR count). The average molecular weight is 212 g/mol. The Morgan fingerprint density at radius 2 is 0.929 bits per heavy atom. The molecule has 0 atom stereocenters. The van der Waals surface area contributed by atoms with E-state index in [2.05, 4.69) is 0 Å². The molecule has 0 heterocycles. The topological polar surface area (TPSA) is 152 Å². The summed E-state index contributed by atoms with van der Waals surface area (Å²) < 4.78 is 0. The lowest BCUT2D eigenvalue weighted by Gasteiger charge is -1.72. The van der Waals surface area contributed by atoms with Crippen molar-refractivity contribution in [3.05, 3.63) is 0 Å². The molecular formula is C6H12O8. The molecule has 0 aliphatic carbocycles. The first-order valence-corrected chi connectivity index (χ1v) is 3.12. The Bertz CT molecular complexity index is 157. The first-order chi connectivity index (χ1) is 6.27. The van der Waals surface area contributed by atoms with Crippen LogP contribution in [0.5, 0.6) is 0 Å². The van der Waals surface area contributed by atoms with Gasteiger partial charge in [-0.15, -0.1) is 0 Å². The molecule has 14 heavy (non-hydrogen) atoms. The van der Waals surface area contributed by atoms with E-state index in [1.54, 1.807) is 0 Å². The highest BCUT2D eigenvalue weighted by atomic mass is 16.4. The van der Waals surface area contributed by atoms with Gasteiger partial charge < -0.3 is 25.5 Å². The van der Waals surface area contributed by atoms with Gasteiger partial charge in [0.1, 0.15) is 13.2 Å². The maximum absolute atomic E-state index is 9.12. The van der Waals surface area contributed by atoms with E-state index in [-0.39, 0.29) is 0 Å². The number of aliphatic carboxylic acids is 3. The quantitative estimate of drug-likeness (QED) is 0.360. The van der Waals surface area contributed by atoms with E-state index in [1.807, 2.05) is 0 Å². The van der Waals surface area contributed by atoms with E-state index in [1.165, 1.54) is 0 Å². The van der Waals surface area contributed by atoms with E-state index in [9.17, 15) is 0 Å². The van der Waals surface area contributed by atoms with Gasteiger partial charge in [-0.25, -0.2) is 9.59 Å². The highest BCUT2D eigenvalue weighted by Gasteiger charge is 1.83. The molecule has 8 nitrogen and oxygen atoms in total. The van der Waals surface area contributed by atoms with Crippen LogP contribution in [0.15, 0.2) is 0 Å². The average Bonchev–Trinajstić information content (AvgIpc) is 2.04. The van der Waals surface area contributed by atoms with Crippen LogP contribution in [-0.2, 0) is 14.4 Å². The molecule has 0 spiro atoms. The summed E-state index contributed by atoms with van der Waals surface area (Å²) in [7, 11) is 0. The minimum absolute atomic E-state index is 0.778. The molecule has 5 N–H and O–H groups in total. The van der Waals surface area contributed by atoms with Crippen LogP contribution in [-0.4, -0.2) is 56.7 Å². The summed E-state index contributed by atoms with van der Waals surface area (Å²) in [5, 5.41) is 37.4. The van der Waals surface area contributed by atoms with E-state index in [0.717, 1.165) is 6.92 Å². The fourth-order valence-corrected chi connectivity index (χ4v) is 0. The van der Waals surface area contributed by atoms with Crippen LogP contribution in [0, 0.1) is 0 Å². The van der Waals surface area contributed by atoms with Crippen molar-refractivity contribution in [2.75, 3.05) is 13.2 Å². The van der Waals surface area contributed by atoms with Gasteiger partial charge in [0, 0.05) is 6.92 Å². The van der Waals surface area contributed by atoms with Crippen molar-refractivity contribution in [3.8, 4) is 0 Å². The molecule has 0 radical (unpaired) electrons. The monoisotopic (exact) mass is 212 g/mol. The molecule has 0 aromatic rings. The number of carboxylic acid groups (broad SMARTS) is 3. The van der Waals surface area contributed by atoms with Gasteiger partial charge in [-0.3, -0.25) is 4.79 Å². The number of carbonyl (C=O) groups is 3. The number of hydrogen-bond acceptors (Lipinski definition) is 5. The van der Waals surface area contributed by atoms with E-state index in [4.69, 9.17) is 39.9 Å². The largest absolute Gasteiger partial charge is 0.481 e. The van der Waals surface area contributed by atoms with E-state index < -0.39 is 31.1 Å². The second-order valence-electron chi connectivity index (χ2n) is 1.62. The number of aliphatic hydroxyl groups is 2. The van der Waals surface area contributed by atoms with Gasteiger partial charge >= 0.3 is 11.9 Å². The molecule has 0 unspecified atom stereocenters. The molecule has 0 saturated heterocycles. The van der Waals surface area contributed by atoms with Crippen molar-refractivity contribution < 1.29 is 39.9 Å². The summed E-state index contributed by atoms with van der Waals surface area (Å²) in [4.78, 5) is 27.2. The molecule has 0 aliphatic rings. The lowest BCUT2D eigenvalue weighted by atomic mass is 10.8. The van der Waals surface area contributed by atoms with Crippen LogP contribution in [0.4, 0.5) is 0 Å². The minimum Gasteiger partial charge on any atom is -0.481 e. The van der Waals surface area contributed by atoms with Crippen molar-refractivity contribution in [2.45, 2.75) is 6.92 Å². The predicted octanol–water partition coefficient (Wildman–Crippen LogP) is -1.78. The van der Waals surface area contributed by atoms with Gasteiger partial charge in [0.15, 0.2) is 0 Å². The summed E-state index contributed by atoms with van der Waals surface area (Å²) >= 11 is 0.